The molecule has 2 aromatic rings. The van der Waals surface area contributed by atoms with Crippen molar-refractivity contribution in [1.29, 1.82) is 0 Å². The number of nitrogens with zero attached hydrogens (tertiary/aromatic N) is 3. The third-order valence-corrected chi connectivity index (χ3v) is 6.99. The number of carbonyl (C=O) groups excluding carboxylic acids is 1. The van der Waals surface area contributed by atoms with E-state index in [2.05, 4.69) is 13.5 Å². The molecule has 0 radical (unpaired) electrons. The van der Waals surface area contributed by atoms with Crippen molar-refractivity contribution in [3.05, 3.63) is 33.4 Å². The molecule has 0 aliphatic heterocycles. The first-order valence-corrected chi connectivity index (χ1v) is 10.6. The van der Waals surface area contributed by atoms with Gasteiger partial charge in [0.1, 0.15) is 4.83 Å². The number of fused-ring (bicyclic) bond motifs is 3. The Bertz CT molecular complexity index is 914. The third kappa shape index (κ3) is 3.47. The van der Waals surface area contributed by atoms with Crippen molar-refractivity contribution in [2.45, 2.75) is 50.1 Å². The van der Waals surface area contributed by atoms with Crippen molar-refractivity contribution in [2.24, 2.45) is 5.92 Å². The molecule has 7 heteroatoms. The van der Waals surface area contributed by atoms with Crippen LogP contribution < -0.4 is 5.56 Å². The van der Waals surface area contributed by atoms with Gasteiger partial charge in [-0.2, -0.15) is 0 Å². The Labute approximate surface area is 162 Å². The second kappa shape index (κ2) is 7.56. The first-order valence-electron chi connectivity index (χ1n) is 8.87. The lowest BCUT2D eigenvalue weighted by molar-refractivity contribution is -0.127. The van der Waals surface area contributed by atoms with Gasteiger partial charge < -0.3 is 4.90 Å². The summed E-state index contributed by atoms with van der Waals surface area (Å²) in [5.41, 5.74) is 1.18. The van der Waals surface area contributed by atoms with Crippen LogP contribution >= 0.6 is 23.1 Å². The van der Waals surface area contributed by atoms with E-state index in [4.69, 9.17) is 4.98 Å². The van der Waals surface area contributed by atoms with Crippen molar-refractivity contribution < 1.29 is 4.79 Å². The Morgan fingerprint density at radius 1 is 1.54 bits per heavy atom. The number of rotatable bonds is 5. The summed E-state index contributed by atoms with van der Waals surface area (Å²) in [6, 6.07) is 0. The second-order valence-corrected chi connectivity index (χ2v) is 9.52. The van der Waals surface area contributed by atoms with Gasteiger partial charge in [0.25, 0.3) is 5.56 Å². The van der Waals surface area contributed by atoms with E-state index < -0.39 is 0 Å². The van der Waals surface area contributed by atoms with Crippen molar-refractivity contribution >= 4 is 39.2 Å². The average Bonchev–Trinajstić information content (AvgIpc) is 2.94. The summed E-state index contributed by atoms with van der Waals surface area (Å²) in [5, 5.41) is 1.06. The molecule has 1 aliphatic rings. The average molecular weight is 392 g/mol. The zero-order valence-corrected chi connectivity index (χ0v) is 17.4. The third-order valence-electron chi connectivity index (χ3n) is 4.76. The van der Waals surface area contributed by atoms with Crippen molar-refractivity contribution in [1.82, 2.24) is 14.5 Å². The summed E-state index contributed by atoms with van der Waals surface area (Å²) in [4.78, 5) is 33.9. The molecule has 2 atom stereocenters. The molecule has 0 saturated heterocycles. The van der Waals surface area contributed by atoms with Crippen LogP contribution in [0, 0.1) is 5.92 Å². The van der Waals surface area contributed by atoms with Crippen molar-refractivity contribution in [3.63, 3.8) is 0 Å². The number of carbonyl (C=O) groups is 1. The molecule has 0 fully saturated rings. The molecule has 5 nitrogen and oxygen atoms in total. The van der Waals surface area contributed by atoms with Gasteiger partial charge in [-0.05, 0) is 37.7 Å². The number of amides is 1. The molecule has 140 valence electrons. The van der Waals surface area contributed by atoms with Crippen LogP contribution in [0.1, 0.15) is 30.7 Å². The zero-order chi connectivity index (χ0) is 19.0. The van der Waals surface area contributed by atoms with Gasteiger partial charge in [-0.25, -0.2) is 4.98 Å². The molecular weight excluding hydrogens is 366 g/mol. The van der Waals surface area contributed by atoms with Crippen molar-refractivity contribution in [2.75, 3.05) is 14.1 Å². The van der Waals surface area contributed by atoms with Crippen LogP contribution in [0.15, 0.2) is 22.6 Å². The fraction of sp³-hybridized carbons (Fsp3) is 0.526. The molecule has 0 aromatic carbocycles. The van der Waals surface area contributed by atoms with Crippen LogP contribution in [-0.4, -0.2) is 39.7 Å². The van der Waals surface area contributed by atoms with Gasteiger partial charge in [-0.15, -0.1) is 17.9 Å². The summed E-state index contributed by atoms with van der Waals surface area (Å²) < 4.78 is 1.66. The molecule has 0 N–H and O–H groups in total. The van der Waals surface area contributed by atoms with E-state index in [1.54, 1.807) is 41.0 Å². The van der Waals surface area contributed by atoms with Crippen molar-refractivity contribution in [3.8, 4) is 0 Å². The number of thioether (sulfide) groups is 1. The maximum atomic E-state index is 13.2. The van der Waals surface area contributed by atoms with E-state index in [-0.39, 0.29) is 16.7 Å². The Balaban J connectivity index is 2.11. The Morgan fingerprint density at radius 2 is 2.27 bits per heavy atom. The van der Waals surface area contributed by atoms with E-state index in [1.807, 2.05) is 6.92 Å². The Morgan fingerprint density at radius 3 is 2.92 bits per heavy atom. The highest BCUT2D eigenvalue weighted by molar-refractivity contribution is 8.00. The van der Waals surface area contributed by atoms with Crippen LogP contribution in [0.5, 0.6) is 0 Å². The van der Waals surface area contributed by atoms with E-state index in [0.717, 1.165) is 29.5 Å². The van der Waals surface area contributed by atoms with E-state index in [0.29, 0.717) is 17.6 Å². The number of thiophene rings is 1. The van der Waals surface area contributed by atoms with Crippen LogP contribution in [-0.2, 0) is 24.2 Å². The Hall–Kier alpha value is -1.60. The molecule has 3 rings (SSSR count). The number of hydrogen-bond acceptors (Lipinski definition) is 5. The topological polar surface area (TPSA) is 55.2 Å². The fourth-order valence-electron chi connectivity index (χ4n) is 3.36. The van der Waals surface area contributed by atoms with Gasteiger partial charge in [0.2, 0.25) is 5.91 Å². The second-order valence-electron chi connectivity index (χ2n) is 7.12. The highest BCUT2D eigenvalue weighted by Crippen LogP contribution is 2.36. The van der Waals surface area contributed by atoms with Gasteiger partial charge in [0.15, 0.2) is 5.16 Å². The minimum Gasteiger partial charge on any atom is -0.348 e. The lowest BCUT2D eigenvalue weighted by atomic mass is 9.89. The Kier molecular flexibility index (Phi) is 5.58. The molecule has 26 heavy (non-hydrogen) atoms. The van der Waals surface area contributed by atoms with Gasteiger partial charge >= 0.3 is 0 Å². The maximum absolute atomic E-state index is 13.2. The normalized spacial score (nSPS) is 17.8. The largest absolute Gasteiger partial charge is 0.348 e. The molecule has 0 unspecified atom stereocenters. The number of aryl methyl sites for hydroxylation is 1. The maximum Gasteiger partial charge on any atom is 0.263 e. The standard InChI is InChI=1S/C19H25N3O2S2/c1-6-9-22-18(24)15-13-8-7-11(2)10-14(13)26-16(15)20-19(22)25-12(3)17(23)21(4)5/h6,11-12H,1,7-10H2,2-5H3/t11-,12+/m0/s1. The number of aromatic nitrogens is 2. The summed E-state index contributed by atoms with van der Waals surface area (Å²) in [6.45, 7) is 8.28. The number of hydrogen-bond donors (Lipinski definition) is 0. The molecular formula is C19H25N3O2S2. The van der Waals surface area contributed by atoms with Gasteiger partial charge in [0, 0.05) is 25.5 Å². The predicted octanol–water partition coefficient (Wildman–Crippen LogP) is 3.34. The quantitative estimate of drug-likeness (QED) is 0.446. The summed E-state index contributed by atoms with van der Waals surface area (Å²) in [6.07, 6.45) is 4.79. The summed E-state index contributed by atoms with van der Waals surface area (Å²) in [7, 11) is 3.47. The molecule has 0 spiro atoms. The molecule has 1 amide bonds. The van der Waals surface area contributed by atoms with E-state index in [9.17, 15) is 9.59 Å². The first kappa shape index (κ1) is 19.2. The van der Waals surface area contributed by atoms with E-state index >= 15 is 0 Å². The summed E-state index contributed by atoms with van der Waals surface area (Å²) >= 11 is 2.98. The monoisotopic (exact) mass is 391 g/mol. The molecule has 0 saturated carbocycles. The highest BCUT2D eigenvalue weighted by Gasteiger charge is 2.26. The van der Waals surface area contributed by atoms with Crippen LogP contribution in [0.4, 0.5) is 0 Å². The smallest absolute Gasteiger partial charge is 0.263 e. The minimum atomic E-state index is -0.306. The van der Waals surface area contributed by atoms with Gasteiger partial charge in [-0.1, -0.05) is 24.8 Å². The van der Waals surface area contributed by atoms with Crippen LogP contribution in [0.25, 0.3) is 10.2 Å². The molecule has 2 aromatic heterocycles. The van der Waals surface area contributed by atoms with Gasteiger partial charge in [-0.3, -0.25) is 14.2 Å². The lowest BCUT2D eigenvalue weighted by Gasteiger charge is -2.18. The summed E-state index contributed by atoms with van der Waals surface area (Å²) in [5.74, 6) is 0.659. The molecule has 2 heterocycles. The zero-order valence-electron chi connectivity index (χ0n) is 15.7. The SMILES string of the molecule is C=CCn1c(S[C@H](C)C(=O)N(C)C)nc2sc3c(c2c1=O)CC[C@H](C)C3. The van der Waals surface area contributed by atoms with Crippen LogP contribution in [0.3, 0.4) is 0 Å². The molecule has 0 bridgehead atoms. The fourth-order valence-corrected chi connectivity index (χ4v) is 5.84. The minimum absolute atomic E-state index is 0.00560. The predicted molar refractivity (Wildman–Crippen MR) is 109 cm³/mol. The lowest BCUT2D eigenvalue weighted by Crippen LogP contribution is -2.31. The first-order chi connectivity index (χ1) is 12.3. The van der Waals surface area contributed by atoms with E-state index in [1.165, 1.54) is 22.2 Å². The van der Waals surface area contributed by atoms with Gasteiger partial charge in [0.05, 0.1) is 10.6 Å². The van der Waals surface area contributed by atoms with Crippen LogP contribution in [0.2, 0.25) is 0 Å². The highest BCUT2D eigenvalue weighted by atomic mass is 32.2. The number of allylic oxidation sites excluding steroid dienone is 1. The molecule has 1 aliphatic carbocycles.